The van der Waals surface area contributed by atoms with E-state index >= 15 is 0 Å². The highest BCUT2D eigenvalue weighted by atomic mass is 32.2. The molecule has 0 saturated heterocycles. The topological polar surface area (TPSA) is 73.2 Å². The number of hydrogen-bond donors (Lipinski definition) is 1. The molecule has 0 fully saturated rings. The van der Waals surface area contributed by atoms with Crippen LogP contribution in [0.1, 0.15) is 37.2 Å². The van der Waals surface area contributed by atoms with Crippen molar-refractivity contribution in [3.8, 4) is 5.75 Å². The minimum absolute atomic E-state index is 0.137. The fraction of sp³-hybridized carbons (Fsp3) is 0.438. The maximum atomic E-state index is 12.6. The SMILES string of the molecule is COc1ccccc1S(=O)(=O)NC(C)c1cc2n(n1)CCCC2. The molecule has 7 heteroatoms. The summed E-state index contributed by atoms with van der Waals surface area (Å²) in [4.78, 5) is 0.137. The van der Waals surface area contributed by atoms with Gasteiger partial charge in [0.1, 0.15) is 10.6 Å². The lowest BCUT2D eigenvalue weighted by atomic mass is 10.1. The normalized spacial score (nSPS) is 15.9. The molecule has 0 aliphatic carbocycles. The van der Waals surface area contributed by atoms with Crippen LogP contribution in [0, 0.1) is 0 Å². The highest BCUT2D eigenvalue weighted by molar-refractivity contribution is 7.89. The maximum Gasteiger partial charge on any atom is 0.244 e. The van der Waals surface area contributed by atoms with Gasteiger partial charge in [0.25, 0.3) is 0 Å². The molecule has 2 aromatic rings. The molecule has 3 rings (SSSR count). The van der Waals surface area contributed by atoms with Gasteiger partial charge in [-0.15, -0.1) is 0 Å². The van der Waals surface area contributed by atoms with Crippen LogP contribution in [0.15, 0.2) is 35.2 Å². The van der Waals surface area contributed by atoms with Crippen molar-refractivity contribution in [1.82, 2.24) is 14.5 Å². The molecule has 1 aromatic heterocycles. The summed E-state index contributed by atoms with van der Waals surface area (Å²) in [5.74, 6) is 0.330. The van der Waals surface area contributed by atoms with Gasteiger partial charge in [-0.2, -0.15) is 5.10 Å². The van der Waals surface area contributed by atoms with Crippen molar-refractivity contribution in [2.45, 2.75) is 43.7 Å². The lowest BCUT2D eigenvalue weighted by molar-refractivity contribution is 0.402. The predicted octanol–water partition coefficient (Wildman–Crippen LogP) is 2.27. The Morgan fingerprint density at radius 3 is 2.83 bits per heavy atom. The molecule has 1 aliphatic rings. The molecule has 1 aliphatic heterocycles. The van der Waals surface area contributed by atoms with Gasteiger partial charge in [-0.05, 0) is 44.4 Å². The molecule has 1 atom stereocenters. The Bertz CT molecular complexity index is 775. The lowest BCUT2D eigenvalue weighted by Gasteiger charge is -2.14. The van der Waals surface area contributed by atoms with E-state index in [1.165, 1.54) is 18.9 Å². The molecule has 1 aromatic carbocycles. The smallest absolute Gasteiger partial charge is 0.244 e. The minimum atomic E-state index is -3.68. The van der Waals surface area contributed by atoms with Crippen molar-refractivity contribution in [3.05, 3.63) is 41.7 Å². The first kappa shape index (κ1) is 16.0. The molecule has 124 valence electrons. The first-order valence-electron chi connectivity index (χ1n) is 7.73. The summed E-state index contributed by atoms with van der Waals surface area (Å²) in [7, 11) is -2.22. The number of methoxy groups -OCH3 is 1. The number of rotatable bonds is 5. The third-order valence-corrected chi connectivity index (χ3v) is 5.65. The Kier molecular flexibility index (Phi) is 4.41. The summed E-state index contributed by atoms with van der Waals surface area (Å²) < 4.78 is 35.0. The fourth-order valence-electron chi connectivity index (χ4n) is 2.85. The zero-order chi connectivity index (χ0) is 16.4. The summed E-state index contributed by atoms with van der Waals surface area (Å²) >= 11 is 0. The fourth-order valence-corrected chi connectivity index (χ4v) is 4.24. The van der Waals surface area contributed by atoms with Gasteiger partial charge < -0.3 is 4.74 Å². The van der Waals surface area contributed by atoms with Crippen LogP contribution in [-0.4, -0.2) is 25.3 Å². The van der Waals surface area contributed by atoms with E-state index < -0.39 is 16.1 Å². The molecule has 2 heterocycles. The van der Waals surface area contributed by atoms with Gasteiger partial charge in [0.2, 0.25) is 10.0 Å². The Morgan fingerprint density at radius 2 is 2.09 bits per heavy atom. The second-order valence-corrected chi connectivity index (χ2v) is 7.42. The van der Waals surface area contributed by atoms with Crippen molar-refractivity contribution in [1.29, 1.82) is 0 Å². The maximum absolute atomic E-state index is 12.6. The highest BCUT2D eigenvalue weighted by Crippen LogP contribution is 2.25. The van der Waals surface area contributed by atoms with Gasteiger partial charge in [-0.3, -0.25) is 4.68 Å². The van der Waals surface area contributed by atoms with E-state index in [4.69, 9.17) is 4.74 Å². The van der Waals surface area contributed by atoms with Crippen molar-refractivity contribution in [3.63, 3.8) is 0 Å². The number of nitrogens with zero attached hydrogens (tertiary/aromatic N) is 2. The highest BCUT2D eigenvalue weighted by Gasteiger charge is 2.24. The molecule has 0 bridgehead atoms. The van der Waals surface area contributed by atoms with E-state index in [1.54, 1.807) is 25.1 Å². The van der Waals surface area contributed by atoms with Crippen molar-refractivity contribution in [2.75, 3.05) is 7.11 Å². The van der Waals surface area contributed by atoms with Crippen molar-refractivity contribution in [2.24, 2.45) is 0 Å². The van der Waals surface area contributed by atoms with Gasteiger partial charge in [0.05, 0.1) is 18.8 Å². The number of hydrogen-bond acceptors (Lipinski definition) is 4. The van der Waals surface area contributed by atoms with Crippen LogP contribution in [0.3, 0.4) is 0 Å². The number of aromatic nitrogens is 2. The van der Waals surface area contributed by atoms with Crippen LogP contribution in [0.2, 0.25) is 0 Å². The van der Waals surface area contributed by atoms with Crippen LogP contribution in [-0.2, 0) is 23.0 Å². The molecular formula is C16H21N3O3S. The summed E-state index contributed by atoms with van der Waals surface area (Å²) in [5.41, 5.74) is 1.93. The van der Waals surface area contributed by atoms with Crippen molar-refractivity contribution < 1.29 is 13.2 Å². The molecule has 0 spiro atoms. The van der Waals surface area contributed by atoms with E-state index in [1.807, 2.05) is 10.7 Å². The average molecular weight is 335 g/mol. The Morgan fingerprint density at radius 1 is 1.30 bits per heavy atom. The molecule has 1 unspecified atom stereocenters. The average Bonchev–Trinajstić information content (AvgIpc) is 2.98. The van der Waals surface area contributed by atoms with Gasteiger partial charge in [0, 0.05) is 12.2 Å². The van der Waals surface area contributed by atoms with Crippen molar-refractivity contribution >= 4 is 10.0 Å². The van der Waals surface area contributed by atoms with Gasteiger partial charge >= 0.3 is 0 Å². The van der Waals surface area contributed by atoms with Gasteiger partial charge in [0.15, 0.2) is 0 Å². The molecular weight excluding hydrogens is 314 g/mol. The second-order valence-electron chi connectivity index (χ2n) is 5.73. The van der Waals surface area contributed by atoms with Crippen LogP contribution in [0.4, 0.5) is 0 Å². The molecule has 0 radical (unpaired) electrons. The zero-order valence-corrected chi connectivity index (χ0v) is 14.1. The van der Waals surface area contributed by atoms with Gasteiger partial charge in [-0.25, -0.2) is 13.1 Å². The molecule has 23 heavy (non-hydrogen) atoms. The van der Waals surface area contributed by atoms with Crippen LogP contribution in [0.5, 0.6) is 5.75 Å². The standard InChI is InChI=1S/C16H21N3O3S/c1-12(14-11-13-7-5-6-10-19(13)17-14)18-23(20,21)16-9-4-3-8-15(16)22-2/h3-4,8-9,11-12,18H,5-7,10H2,1-2H3. The van der Waals surface area contributed by atoms with E-state index in [0.29, 0.717) is 5.75 Å². The van der Waals surface area contributed by atoms with Crippen LogP contribution >= 0.6 is 0 Å². The third-order valence-electron chi connectivity index (χ3n) is 4.07. The summed E-state index contributed by atoms with van der Waals surface area (Å²) in [6.07, 6.45) is 3.28. The zero-order valence-electron chi connectivity index (χ0n) is 13.3. The van der Waals surface area contributed by atoms with E-state index in [2.05, 4.69) is 9.82 Å². The predicted molar refractivity (Wildman–Crippen MR) is 86.9 cm³/mol. The molecule has 0 saturated carbocycles. The minimum Gasteiger partial charge on any atom is -0.495 e. The van der Waals surface area contributed by atoms with E-state index in [-0.39, 0.29) is 4.90 Å². The second kappa shape index (κ2) is 6.33. The Labute approximate surface area is 136 Å². The van der Waals surface area contributed by atoms with Gasteiger partial charge in [-0.1, -0.05) is 12.1 Å². The number of benzene rings is 1. The number of aryl methyl sites for hydroxylation is 2. The van der Waals surface area contributed by atoms with E-state index in [0.717, 1.165) is 31.5 Å². The number of sulfonamides is 1. The number of fused-ring (bicyclic) bond motifs is 1. The number of para-hydroxylation sites is 1. The summed E-state index contributed by atoms with van der Waals surface area (Å²) in [6.45, 7) is 2.71. The first-order valence-corrected chi connectivity index (χ1v) is 9.21. The lowest BCUT2D eigenvalue weighted by Crippen LogP contribution is -2.27. The number of nitrogens with one attached hydrogen (secondary N) is 1. The largest absolute Gasteiger partial charge is 0.495 e. The number of ether oxygens (including phenoxy) is 1. The molecule has 6 nitrogen and oxygen atoms in total. The van der Waals surface area contributed by atoms with Crippen LogP contribution < -0.4 is 9.46 Å². The van der Waals surface area contributed by atoms with E-state index in [9.17, 15) is 8.42 Å². The summed E-state index contributed by atoms with van der Waals surface area (Å²) in [5, 5.41) is 4.53. The monoisotopic (exact) mass is 335 g/mol. The quantitative estimate of drug-likeness (QED) is 0.910. The third kappa shape index (κ3) is 3.25. The summed E-state index contributed by atoms with van der Waals surface area (Å²) in [6, 6.07) is 8.18. The van der Waals surface area contributed by atoms with Crippen LogP contribution in [0.25, 0.3) is 0 Å². The Balaban J connectivity index is 1.84. The molecule has 1 N–H and O–H groups in total. The molecule has 0 amide bonds. The Hall–Kier alpha value is -1.86. The first-order chi connectivity index (χ1) is 11.0.